The van der Waals surface area contributed by atoms with Crippen molar-refractivity contribution in [3.63, 3.8) is 0 Å². The summed E-state index contributed by atoms with van der Waals surface area (Å²) in [6, 6.07) is 4.34. The third-order valence-electron chi connectivity index (χ3n) is 2.91. The zero-order valence-electron chi connectivity index (χ0n) is 11.6. The molecule has 0 aliphatic carbocycles. The van der Waals surface area contributed by atoms with Crippen LogP contribution in [0.5, 0.6) is 0 Å². The van der Waals surface area contributed by atoms with Gasteiger partial charge in [-0.15, -0.1) is 0 Å². The molecule has 1 atom stereocenters. The normalized spacial score (nSPS) is 14.0. The van der Waals surface area contributed by atoms with Gasteiger partial charge in [0.15, 0.2) is 0 Å². The summed E-state index contributed by atoms with van der Waals surface area (Å²) < 4.78 is 4.92. The summed E-state index contributed by atoms with van der Waals surface area (Å²) in [4.78, 5) is 10.1. The number of nitrogens with one attached hydrogen (secondary N) is 1. The van der Waals surface area contributed by atoms with Gasteiger partial charge in [0.2, 0.25) is 0 Å². The van der Waals surface area contributed by atoms with Gasteiger partial charge >= 0.3 is 0 Å². The minimum Gasteiger partial charge on any atom is -0.389 e. The molecule has 1 rings (SSSR count). The first-order chi connectivity index (χ1) is 9.35. The van der Waals surface area contributed by atoms with Gasteiger partial charge in [-0.05, 0) is 18.6 Å². The minimum absolute atomic E-state index is 0.0363. The first-order valence-corrected chi connectivity index (χ1v) is 6.58. The van der Waals surface area contributed by atoms with Crippen LogP contribution >= 0.6 is 11.6 Å². The fourth-order valence-electron chi connectivity index (χ4n) is 1.67. The predicted molar refractivity (Wildman–Crippen MR) is 76.9 cm³/mol. The van der Waals surface area contributed by atoms with Crippen LogP contribution in [-0.4, -0.2) is 35.9 Å². The molecule has 0 bridgehead atoms. The Morgan fingerprint density at radius 2 is 2.25 bits per heavy atom. The topological polar surface area (TPSA) is 84.6 Å². The summed E-state index contributed by atoms with van der Waals surface area (Å²) in [5.41, 5.74) is -0.158. The lowest BCUT2D eigenvalue weighted by molar-refractivity contribution is -0.384. The lowest BCUT2D eigenvalue weighted by atomic mass is 10.0. The molecule has 0 aliphatic rings. The summed E-state index contributed by atoms with van der Waals surface area (Å²) in [6.45, 7) is 3.01. The van der Waals surface area contributed by atoms with Crippen molar-refractivity contribution in [2.24, 2.45) is 0 Å². The number of methoxy groups -OCH3 is 1. The van der Waals surface area contributed by atoms with Crippen molar-refractivity contribution in [1.82, 2.24) is 5.32 Å². The van der Waals surface area contributed by atoms with Crippen LogP contribution in [0.1, 0.15) is 18.9 Å². The van der Waals surface area contributed by atoms with Gasteiger partial charge in [-0.2, -0.15) is 0 Å². The first kappa shape index (κ1) is 16.8. The number of hydrogen-bond acceptors (Lipinski definition) is 5. The molecule has 1 unspecified atom stereocenters. The Morgan fingerprint density at radius 1 is 1.55 bits per heavy atom. The molecule has 0 aliphatic heterocycles. The average molecular weight is 303 g/mol. The van der Waals surface area contributed by atoms with Crippen molar-refractivity contribution < 1.29 is 14.8 Å². The molecule has 0 heterocycles. The van der Waals surface area contributed by atoms with Gasteiger partial charge in [0, 0.05) is 45.4 Å². The third kappa shape index (κ3) is 5.42. The highest BCUT2D eigenvalue weighted by Crippen LogP contribution is 2.22. The van der Waals surface area contributed by atoms with Gasteiger partial charge in [-0.25, -0.2) is 0 Å². The number of rotatable bonds is 8. The van der Waals surface area contributed by atoms with Crippen molar-refractivity contribution in [2.45, 2.75) is 25.5 Å². The van der Waals surface area contributed by atoms with Crippen LogP contribution in [0.4, 0.5) is 5.69 Å². The highest BCUT2D eigenvalue weighted by atomic mass is 35.5. The Kier molecular flexibility index (Phi) is 6.35. The second-order valence-corrected chi connectivity index (χ2v) is 5.28. The number of benzene rings is 1. The molecule has 0 fully saturated rings. The number of nitrogens with zero attached hydrogens (tertiary/aromatic N) is 1. The summed E-state index contributed by atoms with van der Waals surface area (Å²) in [5, 5.41) is 24.1. The van der Waals surface area contributed by atoms with Crippen LogP contribution in [0.25, 0.3) is 0 Å². The van der Waals surface area contributed by atoms with E-state index in [9.17, 15) is 15.2 Å². The number of ether oxygens (including phenoxy) is 1. The quantitative estimate of drug-likeness (QED) is 0.567. The van der Waals surface area contributed by atoms with E-state index in [0.717, 1.165) is 5.56 Å². The predicted octanol–water partition coefficient (Wildman–Crippen LogP) is 2.13. The Labute approximate surface area is 122 Å². The average Bonchev–Trinajstić information content (AvgIpc) is 2.38. The lowest BCUT2D eigenvalue weighted by Crippen LogP contribution is -2.38. The van der Waals surface area contributed by atoms with Crippen molar-refractivity contribution in [3.8, 4) is 0 Å². The van der Waals surface area contributed by atoms with E-state index in [-0.39, 0.29) is 5.69 Å². The maximum atomic E-state index is 10.6. The highest BCUT2D eigenvalue weighted by molar-refractivity contribution is 6.31. The van der Waals surface area contributed by atoms with Gasteiger partial charge in [-0.1, -0.05) is 11.6 Å². The molecule has 20 heavy (non-hydrogen) atoms. The van der Waals surface area contributed by atoms with Crippen LogP contribution in [0.15, 0.2) is 18.2 Å². The van der Waals surface area contributed by atoms with Crippen LogP contribution in [0.3, 0.4) is 0 Å². The Morgan fingerprint density at radius 3 is 2.80 bits per heavy atom. The fourth-order valence-corrected chi connectivity index (χ4v) is 1.91. The molecule has 7 heteroatoms. The largest absolute Gasteiger partial charge is 0.389 e. The van der Waals surface area contributed by atoms with Crippen LogP contribution in [0, 0.1) is 10.1 Å². The van der Waals surface area contributed by atoms with E-state index in [0.29, 0.717) is 31.1 Å². The maximum Gasteiger partial charge on any atom is 0.270 e. The number of nitro groups is 1. The molecule has 2 N–H and O–H groups in total. The second-order valence-electron chi connectivity index (χ2n) is 4.88. The van der Waals surface area contributed by atoms with Crippen molar-refractivity contribution in [1.29, 1.82) is 0 Å². The SMILES string of the molecule is COCCC(C)(O)CNCc1ccc([N+](=O)[O-])cc1Cl. The smallest absolute Gasteiger partial charge is 0.270 e. The molecule has 1 aromatic rings. The zero-order chi connectivity index (χ0) is 15.2. The number of hydrogen-bond donors (Lipinski definition) is 2. The fraction of sp³-hybridized carbons (Fsp3) is 0.538. The van der Waals surface area contributed by atoms with Crippen LogP contribution < -0.4 is 5.32 Å². The summed E-state index contributed by atoms with van der Waals surface area (Å²) >= 11 is 5.98. The van der Waals surface area contributed by atoms with E-state index in [4.69, 9.17) is 16.3 Å². The zero-order valence-corrected chi connectivity index (χ0v) is 12.3. The standard InChI is InChI=1S/C13H19ClN2O4/c1-13(17,5-6-20-2)9-15-8-10-3-4-11(16(18)19)7-12(10)14/h3-4,7,15,17H,5-6,8-9H2,1-2H3. The molecule has 6 nitrogen and oxygen atoms in total. The number of halogens is 1. The Hall–Kier alpha value is -1.21. The molecule has 1 aromatic carbocycles. The molecule has 0 saturated carbocycles. The lowest BCUT2D eigenvalue weighted by Gasteiger charge is -2.23. The minimum atomic E-state index is -0.872. The second kappa shape index (κ2) is 7.54. The molecule has 0 amide bonds. The van der Waals surface area contributed by atoms with E-state index in [1.54, 1.807) is 20.1 Å². The summed E-state index contributed by atoms with van der Waals surface area (Å²) in [6.07, 6.45) is 0.518. The van der Waals surface area contributed by atoms with E-state index >= 15 is 0 Å². The number of nitro benzene ring substituents is 1. The first-order valence-electron chi connectivity index (χ1n) is 6.20. The molecule has 0 saturated heterocycles. The van der Waals surface area contributed by atoms with Gasteiger partial charge in [0.05, 0.1) is 15.5 Å². The van der Waals surface area contributed by atoms with E-state index in [2.05, 4.69) is 5.32 Å². The van der Waals surface area contributed by atoms with Crippen LogP contribution in [0.2, 0.25) is 5.02 Å². The van der Waals surface area contributed by atoms with Gasteiger partial charge < -0.3 is 15.2 Å². The van der Waals surface area contributed by atoms with Crippen LogP contribution in [-0.2, 0) is 11.3 Å². The van der Waals surface area contributed by atoms with Gasteiger partial charge in [0.25, 0.3) is 5.69 Å². The van der Waals surface area contributed by atoms with Gasteiger partial charge in [0.1, 0.15) is 0 Å². The summed E-state index contributed by atoms with van der Waals surface area (Å²) in [5.74, 6) is 0. The third-order valence-corrected chi connectivity index (χ3v) is 3.27. The molecular formula is C13H19ClN2O4. The van der Waals surface area contributed by atoms with Gasteiger partial charge in [-0.3, -0.25) is 10.1 Å². The maximum absolute atomic E-state index is 10.6. The molecule has 0 radical (unpaired) electrons. The summed E-state index contributed by atoms with van der Waals surface area (Å²) in [7, 11) is 1.58. The Balaban J connectivity index is 2.52. The molecule has 0 spiro atoms. The molecular weight excluding hydrogens is 284 g/mol. The number of non-ortho nitro benzene ring substituents is 1. The van der Waals surface area contributed by atoms with Crippen molar-refractivity contribution in [3.05, 3.63) is 38.9 Å². The van der Waals surface area contributed by atoms with Crippen molar-refractivity contribution >= 4 is 17.3 Å². The van der Waals surface area contributed by atoms with E-state index in [1.165, 1.54) is 12.1 Å². The van der Waals surface area contributed by atoms with E-state index < -0.39 is 10.5 Å². The highest BCUT2D eigenvalue weighted by Gasteiger charge is 2.19. The van der Waals surface area contributed by atoms with Crippen molar-refractivity contribution in [2.75, 3.05) is 20.3 Å². The monoisotopic (exact) mass is 302 g/mol. The Bertz CT molecular complexity index is 466. The molecule has 0 aromatic heterocycles. The molecule has 112 valence electrons. The van der Waals surface area contributed by atoms with E-state index in [1.807, 2.05) is 0 Å². The number of aliphatic hydroxyl groups is 1.